The van der Waals surface area contributed by atoms with Crippen molar-refractivity contribution < 1.29 is 22.7 Å². The predicted octanol–water partition coefficient (Wildman–Crippen LogP) is 1.56. The highest BCUT2D eigenvalue weighted by molar-refractivity contribution is 5.99. The summed E-state index contributed by atoms with van der Waals surface area (Å²) < 4.78 is 42.2. The van der Waals surface area contributed by atoms with E-state index in [4.69, 9.17) is 10.5 Å². The van der Waals surface area contributed by atoms with Gasteiger partial charge >= 0.3 is 12.1 Å². The van der Waals surface area contributed by atoms with Gasteiger partial charge in [0.05, 0.1) is 12.2 Å². The number of fused-ring (bicyclic) bond motifs is 1. The van der Waals surface area contributed by atoms with Crippen LogP contribution in [0.2, 0.25) is 0 Å². The fourth-order valence-corrected chi connectivity index (χ4v) is 1.60. The number of benzene rings is 1. The molecule has 1 aliphatic heterocycles. The highest BCUT2D eigenvalue weighted by Crippen LogP contribution is 2.35. The molecule has 4 nitrogen and oxygen atoms in total. The standard InChI is InChI=1S/C10H9F3N2O2/c11-10(12,13)9(16)15-3-4-17-8-5-6(14)1-2-7(8)15/h1-2,5H,3-4,14H2. The molecular weight excluding hydrogens is 237 g/mol. The first-order valence-electron chi connectivity index (χ1n) is 4.80. The predicted molar refractivity (Wildman–Crippen MR) is 54.8 cm³/mol. The van der Waals surface area contributed by atoms with Crippen molar-refractivity contribution in [3.8, 4) is 5.75 Å². The van der Waals surface area contributed by atoms with Crippen molar-refractivity contribution in [3.05, 3.63) is 18.2 Å². The second kappa shape index (κ2) is 3.83. The first-order chi connectivity index (χ1) is 7.89. The Balaban J connectivity index is 2.39. The van der Waals surface area contributed by atoms with Crippen LogP contribution in [0.25, 0.3) is 0 Å². The second-order valence-electron chi connectivity index (χ2n) is 3.53. The third-order valence-electron chi connectivity index (χ3n) is 2.33. The molecule has 0 unspecified atom stereocenters. The summed E-state index contributed by atoms with van der Waals surface area (Å²) in [6.45, 7) is -0.118. The van der Waals surface area contributed by atoms with Gasteiger partial charge in [0.25, 0.3) is 0 Å². The number of halogens is 3. The number of hydrogen-bond donors (Lipinski definition) is 1. The highest BCUT2D eigenvalue weighted by Gasteiger charge is 2.44. The van der Waals surface area contributed by atoms with Crippen molar-refractivity contribution in [2.24, 2.45) is 0 Å². The van der Waals surface area contributed by atoms with Gasteiger partial charge in [0, 0.05) is 11.8 Å². The lowest BCUT2D eigenvalue weighted by Crippen LogP contribution is -2.45. The minimum atomic E-state index is -4.89. The Morgan fingerprint density at radius 1 is 1.41 bits per heavy atom. The van der Waals surface area contributed by atoms with Crippen molar-refractivity contribution >= 4 is 17.3 Å². The Labute approximate surface area is 94.8 Å². The van der Waals surface area contributed by atoms with Crippen LogP contribution < -0.4 is 15.4 Å². The Morgan fingerprint density at radius 2 is 2.12 bits per heavy atom. The molecule has 1 amide bonds. The minimum Gasteiger partial charge on any atom is -0.489 e. The maximum absolute atomic E-state index is 12.4. The number of carbonyl (C=O) groups excluding carboxylic acids is 1. The summed E-state index contributed by atoms with van der Waals surface area (Å²) >= 11 is 0. The molecule has 92 valence electrons. The van der Waals surface area contributed by atoms with E-state index in [1.165, 1.54) is 18.2 Å². The molecule has 0 saturated heterocycles. The monoisotopic (exact) mass is 246 g/mol. The third-order valence-corrected chi connectivity index (χ3v) is 2.33. The van der Waals surface area contributed by atoms with Gasteiger partial charge in [0.15, 0.2) is 0 Å². The Hall–Kier alpha value is -1.92. The zero-order valence-corrected chi connectivity index (χ0v) is 8.62. The van der Waals surface area contributed by atoms with Crippen LogP contribution in [0, 0.1) is 0 Å². The molecule has 2 rings (SSSR count). The van der Waals surface area contributed by atoms with Crippen LogP contribution in [0.5, 0.6) is 5.75 Å². The molecule has 0 aromatic heterocycles. The summed E-state index contributed by atoms with van der Waals surface area (Å²) in [4.78, 5) is 11.8. The van der Waals surface area contributed by atoms with Crippen molar-refractivity contribution in [3.63, 3.8) is 0 Å². The fraction of sp³-hybridized carbons (Fsp3) is 0.300. The summed E-state index contributed by atoms with van der Waals surface area (Å²) in [5.41, 5.74) is 5.94. The van der Waals surface area contributed by atoms with E-state index in [0.29, 0.717) is 10.6 Å². The van der Waals surface area contributed by atoms with Crippen molar-refractivity contribution in [2.75, 3.05) is 23.8 Å². The van der Waals surface area contributed by atoms with Gasteiger partial charge in [0.1, 0.15) is 12.4 Å². The summed E-state index contributed by atoms with van der Waals surface area (Å²) in [6, 6.07) is 4.16. The zero-order valence-electron chi connectivity index (χ0n) is 8.62. The number of anilines is 2. The van der Waals surface area contributed by atoms with Crippen molar-refractivity contribution in [2.45, 2.75) is 6.18 Å². The summed E-state index contributed by atoms with van der Waals surface area (Å²) in [6.07, 6.45) is -4.89. The molecule has 1 aliphatic rings. The topological polar surface area (TPSA) is 55.6 Å². The van der Waals surface area contributed by atoms with Crippen LogP contribution in [0.4, 0.5) is 24.5 Å². The summed E-state index contributed by atoms with van der Waals surface area (Å²) in [5, 5.41) is 0. The van der Waals surface area contributed by atoms with E-state index in [0.717, 1.165) is 0 Å². The van der Waals surface area contributed by atoms with Crippen LogP contribution in [0.1, 0.15) is 0 Å². The van der Waals surface area contributed by atoms with Gasteiger partial charge in [-0.15, -0.1) is 0 Å². The van der Waals surface area contributed by atoms with Gasteiger partial charge < -0.3 is 10.5 Å². The van der Waals surface area contributed by atoms with E-state index in [2.05, 4.69) is 0 Å². The van der Waals surface area contributed by atoms with Crippen LogP contribution in [0.3, 0.4) is 0 Å². The van der Waals surface area contributed by atoms with E-state index in [9.17, 15) is 18.0 Å². The van der Waals surface area contributed by atoms with E-state index in [1.54, 1.807) is 0 Å². The van der Waals surface area contributed by atoms with Gasteiger partial charge in [-0.1, -0.05) is 0 Å². The maximum Gasteiger partial charge on any atom is 0.471 e. The lowest BCUT2D eigenvalue weighted by molar-refractivity contribution is -0.170. The molecule has 7 heteroatoms. The number of carbonyl (C=O) groups is 1. The Kier molecular flexibility index (Phi) is 2.60. The normalized spacial score (nSPS) is 15.1. The number of nitrogens with two attached hydrogens (primary N) is 1. The number of alkyl halides is 3. The van der Waals surface area contributed by atoms with Crippen molar-refractivity contribution in [1.29, 1.82) is 0 Å². The number of amides is 1. The maximum atomic E-state index is 12.4. The number of ether oxygens (including phenoxy) is 1. The second-order valence-corrected chi connectivity index (χ2v) is 3.53. The molecule has 1 heterocycles. The average Bonchev–Trinajstić information content (AvgIpc) is 2.25. The molecule has 0 atom stereocenters. The molecule has 0 spiro atoms. The van der Waals surface area contributed by atoms with Crippen LogP contribution in [-0.2, 0) is 4.79 Å². The van der Waals surface area contributed by atoms with Gasteiger partial charge in [-0.2, -0.15) is 13.2 Å². The minimum absolute atomic E-state index is 0.0122. The quantitative estimate of drug-likeness (QED) is 0.707. The van der Waals surface area contributed by atoms with E-state index >= 15 is 0 Å². The Bertz CT molecular complexity index is 459. The third kappa shape index (κ3) is 2.13. The van der Waals surface area contributed by atoms with Gasteiger partial charge in [-0.25, -0.2) is 0 Å². The fourth-order valence-electron chi connectivity index (χ4n) is 1.60. The van der Waals surface area contributed by atoms with E-state index < -0.39 is 12.1 Å². The first-order valence-corrected chi connectivity index (χ1v) is 4.80. The molecule has 0 saturated carbocycles. The lowest BCUT2D eigenvalue weighted by Gasteiger charge is -2.30. The summed E-state index contributed by atoms with van der Waals surface area (Å²) in [5.74, 6) is -1.71. The highest BCUT2D eigenvalue weighted by atomic mass is 19.4. The molecule has 0 radical (unpaired) electrons. The largest absolute Gasteiger partial charge is 0.489 e. The zero-order chi connectivity index (χ0) is 12.6. The number of nitrogen functional groups attached to an aromatic ring is 1. The molecule has 1 aromatic carbocycles. The molecule has 0 aliphatic carbocycles. The Morgan fingerprint density at radius 3 is 2.76 bits per heavy atom. The van der Waals surface area contributed by atoms with Gasteiger partial charge in [-0.3, -0.25) is 9.69 Å². The van der Waals surface area contributed by atoms with E-state index in [1.807, 2.05) is 0 Å². The number of nitrogens with zero attached hydrogens (tertiary/aromatic N) is 1. The van der Waals surface area contributed by atoms with E-state index in [-0.39, 0.29) is 24.6 Å². The molecule has 0 fully saturated rings. The molecule has 0 bridgehead atoms. The van der Waals surface area contributed by atoms with Gasteiger partial charge in [0.2, 0.25) is 0 Å². The van der Waals surface area contributed by atoms with Crippen LogP contribution in [0.15, 0.2) is 18.2 Å². The average molecular weight is 246 g/mol. The summed E-state index contributed by atoms with van der Waals surface area (Å²) in [7, 11) is 0. The number of rotatable bonds is 0. The molecule has 17 heavy (non-hydrogen) atoms. The van der Waals surface area contributed by atoms with Gasteiger partial charge in [-0.05, 0) is 12.1 Å². The van der Waals surface area contributed by atoms with Crippen LogP contribution in [-0.4, -0.2) is 25.2 Å². The van der Waals surface area contributed by atoms with Crippen LogP contribution >= 0.6 is 0 Å². The molecular formula is C10H9F3N2O2. The number of hydrogen-bond acceptors (Lipinski definition) is 3. The molecule has 1 aromatic rings. The molecule has 2 N–H and O–H groups in total. The first kappa shape index (κ1) is 11.6. The lowest BCUT2D eigenvalue weighted by atomic mass is 10.2. The van der Waals surface area contributed by atoms with Crippen molar-refractivity contribution in [1.82, 2.24) is 0 Å². The SMILES string of the molecule is Nc1ccc2c(c1)OCCN2C(=O)C(F)(F)F. The smallest absolute Gasteiger partial charge is 0.471 e.